The molecule has 9 heteroatoms. The van der Waals surface area contributed by atoms with E-state index in [1.54, 1.807) is 30.5 Å². The molecule has 0 aliphatic rings. The van der Waals surface area contributed by atoms with Gasteiger partial charge in [-0.25, -0.2) is 13.4 Å². The third kappa shape index (κ3) is 4.73. The molecule has 0 atom stereocenters. The Labute approximate surface area is 172 Å². The van der Waals surface area contributed by atoms with E-state index >= 15 is 0 Å². The summed E-state index contributed by atoms with van der Waals surface area (Å²) < 4.78 is 29.1. The lowest BCUT2D eigenvalue weighted by Crippen LogP contribution is -2.16. The minimum Gasteiger partial charge on any atom is -0.379 e. The summed E-state index contributed by atoms with van der Waals surface area (Å²) >= 11 is 13.4. The van der Waals surface area contributed by atoms with Crippen molar-refractivity contribution in [3.05, 3.63) is 68.1 Å². The molecule has 0 bridgehead atoms. The molecule has 0 radical (unpaired) electrons. The second kappa shape index (κ2) is 8.06. The number of nitrogens with zero attached hydrogens (tertiary/aromatic N) is 1. The molecule has 27 heavy (non-hydrogen) atoms. The Bertz CT molecular complexity index is 1080. The maximum atomic E-state index is 13.0. The molecule has 0 saturated heterocycles. The van der Waals surface area contributed by atoms with Gasteiger partial charge in [0, 0.05) is 11.1 Å². The molecular formula is C18H17Cl2N3O2S2. The minimum absolute atomic E-state index is 0.00209. The lowest BCUT2D eigenvalue weighted by atomic mass is 10.1. The van der Waals surface area contributed by atoms with Crippen molar-refractivity contribution in [1.29, 1.82) is 0 Å². The summed E-state index contributed by atoms with van der Waals surface area (Å²) in [6.07, 6.45) is 1.65. The molecule has 0 saturated carbocycles. The average molecular weight is 442 g/mol. The second-order valence-electron chi connectivity index (χ2n) is 5.97. The Morgan fingerprint density at radius 3 is 2.56 bits per heavy atom. The van der Waals surface area contributed by atoms with Crippen LogP contribution in [0.5, 0.6) is 0 Å². The number of benzene rings is 2. The van der Waals surface area contributed by atoms with Crippen LogP contribution in [0.2, 0.25) is 9.49 Å². The number of rotatable bonds is 6. The molecular weight excluding hydrogens is 425 g/mol. The van der Waals surface area contributed by atoms with Crippen LogP contribution in [0.1, 0.15) is 16.0 Å². The summed E-state index contributed by atoms with van der Waals surface area (Å²) in [5, 5.41) is 3.25. The van der Waals surface area contributed by atoms with Crippen LogP contribution < -0.4 is 10.0 Å². The lowest BCUT2D eigenvalue weighted by molar-refractivity contribution is 0.601. The number of sulfonamides is 1. The van der Waals surface area contributed by atoms with Crippen LogP contribution >= 0.6 is 34.5 Å². The van der Waals surface area contributed by atoms with Gasteiger partial charge in [-0.2, -0.15) is 0 Å². The summed E-state index contributed by atoms with van der Waals surface area (Å²) in [5.41, 5.74) is 2.81. The van der Waals surface area contributed by atoms with Crippen molar-refractivity contribution in [3.8, 4) is 0 Å². The first-order valence-corrected chi connectivity index (χ1v) is 11.0. The van der Waals surface area contributed by atoms with Gasteiger partial charge >= 0.3 is 0 Å². The molecule has 142 valence electrons. The molecule has 1 heterocycles. The minimum atomic E-state index is -3.89. The number of hydrogen-bond acceptors (Lipinski definition) is 5. The van der Waals surface area contributed by atoms with E-state index in [0.29, 0.717) is 22.4 Å². The highest BCUT2D eigenvalue weighted by molar-refractivity contribution is 7.93. The fourth-order valence-corrected chi connectivity index (χ4v) is 5.36. The monoisotopic (exact) mass is 441 g/mol. The third-order valence-corrected chi connectivity index (χ3v) is 6.85. The van der Waals surface area contributed by atoms with E-state index in [1.165, 1.54) is 11.3 Å². The van der Waals surface area contributed by atoms with Gasteiger partial charge in [-0.15, -0.1) is 11.3 Å². The van der Waals surface area contributed by atoms with E-state index in [4.69, 9.17) is 23.2 Å². The predicted molar refractivity (Wildman–Crippen MR) is 113 cm³/mol. The quantitative estimate of drug-likeness (QED) is 0.530. The van der Waals surface area contributed by atoms with Crippen LogP contribution in [0.15, 0.2) is 47.5 Å². The highest BCUT2D eigenvalue weighted by Gasteiger charge is 2.23. The topological polar surface area (TPSA) is 71.1 Å². The van der Waals surface area contributed by atoms with E-state index in [2.05, 4.69) is 15.0 Å². The largest absolute Gasteiger partial charge is 0.379 e. The highest BCUT2D eigenvalue weighted by atomic mass is 35.5. The van der Waals surface area contributed by atoms with Crippen LogP contribution in [0.3, 0.4) is 0 Å². The number of aryl methyl sites for hydroxylation is 2. The van der Waals surface area contributed by atoms with Gasteiger partial charge in [0.25, 0.3) is 10.0 Å². The molecule has 0 unspecified atom stereocenters. The number of anilines is 2. The van der Waals surface area contributed by atoms with Crippen molar-refractivity contribution in [2.45, 2.75) is 25.3 Å². The first-order chi connectivity index (χ1) is 12.8. The van der Waals surface area contributed by atoms with Gasteiger partial charge < -0.3 is 5.32 Å². The zero-order valence-corrected chi connectivity index (χ0v) is 17.7. The summed E-state index contributed by atoms with van der Waals surface area (Å²) in [6.45, 7) is 4.19. The summed E-state index contributed by atoms with van der Waals surface area (Å²) in [6, 6.07) is 10.4. The van der Waals surface area contributed by atoms with Gasteiger partial charge in [0.2, 0.25) is 0 Å². The number of thiazole rings is 1. The molecule has 0 fully saturated rings. The molecule has 2 N–H and O–H groups in total. The summed E-state index contributed by atoms with van der Waals surface area (Å²) in [7, 11) is -3.89. The van der Waals surface area contributed by atoms with E-state index in [0.717, 1.165) is 16.0 Å². The van der Waals surface area contributed by atoms with Gasteiger partial charge in [-0.05, 0) is 37.6 Å². The molecule has 0 aliphatic carbocycles. The summed E-state index contributed by atoms with van der Waals surface area (Å²) in [4.78, 5) is 4.86. The van der Waals surface area contributed by atoms with Crippen LogP contribution in [0, 0.1) is 13.8 Å². The van der Waals surface area contributed by atoms with Crippen molar-refractivity contribution >= 4 is 55.9 Å². The van der Waals surface area contributed by atoms with Gasteiger partial charge in [0.1, 0.15) is 4.90 Å². The average Bonchev–Trinajstić information content (AvgIpc) is 3.00. The van der Waals surface area contributed by atoms with Crippen LogP contribution in [-0.2, 0) is 16.6 Å². The Kier molecular flexibility index (Phi) is 5.95. The molecule has 3 aromatic rings. The zero-order valence-electron chi connectivity index (χ0n) is 14.6. The Balaban J connectivity index is 1.92. The maximum absolute atomic E-state index is 13.0. The second-order valence-corrected chi connectivity index (χ2v) is 9.70. The van der Waals surface area contributed by atoms with Crippen molar-refractivity contribution in [2.24, 2.45) is 0 Å². The summed E-state index contributed by atoms with van der Waals surface area (Å²) in [5.74, 6) is 0. The Hall–Kier alpha value is -1.80. The van der Waals surface area contributed by atoms with Crippen molar-refractivity contribution in [1.82, 2.24) is 4.98 Å². The first-order valence-electron chi connectivity index (χ1n) is 7.99. The Morgan fingerprint density at radius 2 is 1.89 bits per heavy atom. The molecule has 2 aromatic carbocycles. The van der Waals surface area contributed by atoms with Crippen molar-refractivity contribution in [3.63, 3.8) is 0 Å². The van der Waals surface area contributed by atoms with Gasteiger partial charge in [0.15, 0.2) is 4.47 Å². The van der Waals surface area contributed by atoms with E-state index in [9.17, 15) is 8.42 Å². The first kappa shape index (κ1) is 19.9. The predicted octanol–water partition coefficient (Wildman–Crippen LogP) is 5.48. The van der Waals surface area contributed by atoms with E-state index in [-0.39, 0.29) is 9.92 Å². The maximum Gasteiger partial charge on any atom is 0.265 e. The number of hydrogen-bond donors (Lipinski definition) is 2. The molecule has 0 spiro atoms. The third-order valence-electron chi connectivity index (χ3n) is 3.84. The molecule has 5 nitrogen and oxygen atoms in total. The highest BCUT2D eigenvalue weighted by Crippen LogP contribution is 2.32. The zero-order chi connectivity index (χ0) is 19.6. The van der Waals surface area contributed by atoms with E-state index < -0.39 is 10.0 Å². The molecule has 0 amide bonds. The SMILES string of the molecule is Cc1ccc(NS(=O)(=O)c2c(Cl)cccc2NCc2cnc(Cl)s2)c(C)c1. The number of nitrogens with one attached hydrogen (secondary N) is 2. The van der Waals surface area contributed by atoms with Crippen LogP contribution in [0.4, 0.5) is 11.4 Å². The molecule has 0 aliphatic heterocycles. The van der Waals surface area contributed by atoms with Crippen LogP contribution in [-0.4, -0.2) is 13.4 Å². The fourth-order valence-electron chi connectivity index (χ4n) is 2.59. The normalized spacial score (nSPS) is 11.4. The van der Waals surface area contributed by atoms with Gasteiger partial charge in [-0.1, -0.05) is 47.0 Å². The number of halogens is 2. The fraction of sp³-hybridized carbons (Fsp3) is 0.167. The molecule has 3 rings (SSSR count). The van der Waals surface area contributed by atoms with Crippen molar-refractivity contribution in [2.75, 3.05) is 10.0 Å². The standard InChI is InChI=1S/C18H17Cl2N3O2S2/c1-11-6-7-15(12(2)8-11)23-27(24,25)17-14(19)4-3-5-16(17)21-9-13-10-22-18(20)26-13/h3-8,10,21,23H,9H2,1-2H3. The lowest BCUT2D eigenvalue weighted by Gasteiger charge is -2.16. The Morgan fingerprint density at radius 1 is 1.11 bits per heavy atom. The van der Waals surface area contributed by atoms with Gasteiger partial charge in [-0.3, -0.25) is 4.72 Å². The number of aromatic nitrogens is 1. The van der Waals surface area contributed by atoms with Crippen molar-refractivity contribution < 1.29 is 8.42 Å². The van der Waals surface area contributed by atoms with E-state index in [1.807, 2.05) is 26.0 Å². The van der Waals surface area contributed by atoms with Crippen LogP contribution in [0.25, 0.3) is 0 Å². The molecule has 1 aromatic heterocycles. The van der Waals surface area contributed by atoms with Gasteiger partial charge in [0.05, 0.1) is 22.9 Å². The smallest absolute Gasteiger partial charge is 0.265 e.